The minimum absolute atomic E-state index is 0.175. The van der Waals surface area contributed by atoms with E-state index in [9.17, 15) is 4.79 Å². The second-order valence-corrected chi connectivity index (χ2v) is 4.37. The molecule has 100 valence electrons. The summed E-state index contributed by atoms with van der Waals surface area (Å²) < 4.78 is 9.94. The Morgan fingerprint density at radius 2 is 2.58 bits per heavy atom. The molecule has 19 heavy (non-hydrogen) atoms. The number of esters is 1. The summed E-state index contributed by atoms with van der Waals surface area (Å²) in [6.45, 7) is 2.15. The van der Waals surface area contributed by atoms with Crippen molar-refractivity contribution >= 4 is 28.7 Å². The lowest BCUT2D eigenvalue weighted by Crippen LogP contribution is -2.07. The SMILES string of the molecule is CCOC(=O)Cc1csc(N/N=C\c2ccco2)n1. The molecular formula is C12H13N3O3S. The first kappa shape index (κ1) is 13.3. The zero-order valence-electron chi connectivity index (χ0n) is 10.3. The predicted octanol–water partition coefficient (Wildman–Crippen LogP) is 2.29. The molecule has 0 saturated heterocycles. The van der Waals surface area contributed by atoms with E-state index in [4.69, 9.17) is 9.15 Å². The molecule has 6 nitrogen and oxygen atoms in total. The molecule has 2 heterocycles. The predicted molar refractivity (Wildman–Crippen MR) is 72.4 cm³/mol. The van der Waals surface area contributed by atoms with E-state index in [-0.39, 0.29) is 12.4 Å². The van der Waals surface area contributed by atoms with E-state index in [0.29, 0.717) is 23.2 Å². The standard InChI is InChI=1S/C12H13N3O3S/c1-2-17-11(16)6-9-8-19-12(14-9)15-13-7-10-4-3-5-18-10/h3-5,7-8H,2,6H2,1H3,(H,14,15)/b13-7-. The molecule has 0 spiro atoms. The summed E-state index contributed by atoms with van der Waals surface area (Å²) in [5.74, 6) is 0.370. The Hall–Kier alpha value is -2.15. The molecule has 0 amide bonds. The van der Waals surface area contributed by atoms with Gasteiger partial charge in [0.05, 0.1) is 31.2 Å². The number of hydrazone groups is 1. The number of hydrogen-bond acceptors (Lipinski definition) is 7. The Bertz CT molecular complexity index is 548. The molecule has 7 heteroatoms. The summed E-state index contributed by atoms with van der Waals surface area (Å²) in [6.07, 6.45) is 3.29. The molecule has 0 unspecified atom stereocenters. The van der Waals surface area contributed by atoms with Crippen LogP contribution >= 0.6 is 11.3 Å². The van der Waals surface area contributed by atoms with E-state index in [1.807, 2.05) is 0 Å². The maximum Gasteiger partial charge on any atom is 0.311 e. The third-order valence-corrected chi connectivity index (χ3v) is 2.87. The highest BCUT2D eigenvalue weighted by Crippen LogP contribution is 2.16. The van der Waals surface area contributed by atoms with Gasteiger partial charge in [-0.1, -0.05) is 0 Å². The van der Waals surface area contributed by atoms with Crippen LogP contribution in [-0.4, -0.2) is 23.8 Å². The van der Waals surface area contributed by atoms with E-state index in [1.54, 1.807) is 36.9 Å². The van der Waals surface area contributed by atoms with Crippen molar-refractivity contribution in [2.24, 2.45) is 5.10 Å². The Labute approximate surface area is 114 Å². The normalized spacial score (nSPS) is 10.8. The number of carbonyl (C=O) groups excluding carboxylic acids is 1. The molecule has 0 bridgehead atoms. The van der Waals surface area contributed by atoms with Gasteiger partial charge in [0.1, 0.15) is 5.76 Å². The van der Waals surface area contributed by atoms with Crippen molar-refractivity contribution in [1.82, 2.24) is 4.98 Å². The third kappa shape index (κ3) is 4.22. The van der Waals surface area contributed by atoms with Crippen LogP contribution in [-0.2, 0) is 16.0 Å². The van der Waals surface area contributed by atoms with Gasteiger partial charge in [-0.3, -0.25) is 10.2 Å². The minimum Gasteiger partial charge on any atom is -0.466 e. The summed E-state index contributed by atoms with van der Waals surface area (Å²) in [4.78, 5) is 15.5. The number of hydrogen-bond donors (Lipinski definition) is 1. The van der Waals surface area contributed by atoms with Crippen LogP contribution in [0.4, 0.5) is 5.13 Å². The van der Waals surface area contributed by atoms with Crippen LogP contribution in [0.5, 0.6) is 0 Å². The molecule has 0 saturated carbocycles. The molecule has 0 fully saturated rings. The second-order valence-electron chi connectivity index (χ2n) is 3.51. The zero-order chi connectivity index (χ0) is 13.5. The van der Waals surface area contributed by atoms with Crippen LogP contribution in [0.25, 0.3) is 0 Å². The molecular weight excluding hydrogens is 266 g/mol. The van der Waals surface area contributed by atoms with Crippen LogP contribution in [0.15, 0.2) is 33.3 Å². The molecule has 2 aromatic heterocycles. The van der Waals surface area contributed by atoms with Gasteiger partial charge in [-0.2, -0.15) is 5.10 Å². The van der Waals surface area contributed by atoms with Gasteiger partial charge in [-0.25, -0.2) is 4.98 Å². The first-order valence-corrected chi connectivity index (χ1v) is 6.58. The third-order valence-electron chi connectivity index (χ3n) is 2.08. The van der Waals surface area contributed by atoms with Crippen molar-refractivity contribution in [3.05, 3.63) is 35.2 Å². The van der Waals surface area contributed by atoms with E-state index in [0.717, 1.165) is 0 Å². The van der Waals surface area contributed by atoms with Gasteiger partial charge in [-0.15, -0.1) is 11.3 Å². The lowest BCUT2D eigenvalue weighted by atomic mass is 10.3. The Kier molecular flexibility index (Phi) is 4.68. The van der Waals surface area contributed by atoms with Crippen LogP contribution in [0.1, 0.15) is 18.4 Å². The van der Waals surface area contributed by atoms with Gasteiger partial charge in [0.15, 0.2) is 0 Å². The van der Waals surface area contributed by atoms with E-state index in [2.05, 4.69) is 15.5 Å². The van der Waals surface area contributed by atoms with Crippen molar-refractivity contribution < 1.29 is 13.9 Å². The average molecular weight is 279 g/mol. The Balaban J connectivity index is 1.85. The second kappa shape index (κ2) is 6.69. The molecule has 1 N–H and O–H groups in total. The molecule has 0 aliphatic heterocycles. The number of furan rings is 1. The number of rotatable bonds is 6. The summed E-state index contributed by atoms with van der Waals surface area (Å²) in [6, 6.07) is 3.57. The molecule has 0 radical (unpaired) electrons. The first-order chi connectivity index (χ1) is 9.28. The number of nitrogens with one attached hydrogen (secondary N) is 1. The monoisotopic (exact) mass is 279 g/mol. The van der Waals surface area contributed by atoms with Crippen molar-refractivity contribution in [2.75, 3.05) is 12.0 Å². The van der Waals surface area contributed by atoms with Gasteiger partial charge in [0.2, 0.25) is 5.13 Å². The molecule has 0 aromatic carbocycles. The number of nitrogens with zero attached hydrogens (tertiary/aromatic N) is 2. The van der Waals surface area contributed by atoms with E-state index < -0.39 is 0 Å². The molecule has 2 aromatic rings. The maximum atomic E-state index is 11.3. The lowest BCUT2D eigenvalue weighted by molar-refractivity contribution is -0.142. The molecule has 0 aliphatic carbocycles. The van der Waals surface area contributed by atoms with Crippen molar-refractivity contribution in [3.8, 4) is 0 Å². The van der Waals surface area contributed by atoms with Crippen LogP contribution in [0, 0.1) is 0 Å². The van der Waals surface area contributed by atoms with Gasteiger partial charge < -0.3 is 9.15 Å². The summed E-state index contributed by atoms with van der Waals surface area (Å²) in [7, 11) is 0. The summed E-state index contributed by atoms with van der Waals surface area (Å²) >= 11 is 1.37. The highest BCUT2D eigenvalue weighted by atomic mass is 32.1. The minimum atomic E-state index is -0.279. The van der Waals surface area contributed by atoms with Gasteiger partial charge >= 0.3 is 5.97 Å². The molecule has 0 aliphatic rings. The van der Waals surface area contributed by atoms with E-state index in [1.165, 1.54) is 11.3 Å². The van der Waals surface area contributed by atoms with E-state index >= 15 is 0 Å². The first-order valence-electron chi connectivity index (χ1n) is 5.70. The number of thiazole rings is 1. The summed E-state index contributed by atoms with van der Waals surface area (Å²) in [5, 5.41) is 6.38. The smallest absolute Gasteiger partial charge is 0.311 e. The Morgan fingerprint density at radius 1 is 1.68 bits per heavy atom. The fourth-order valence-corrected chi connectivity index (χ4v) is 1.97. The number of aromatic nitrogens is 1. The number of carbonyl (C=O) groups is 1. The quantitative estimate of drug-likeness (QED) is 0.498. The van der Waals surface area contributed by atoms with Crippen LogP contribution in [0.2, 0.25) is 0 Å². The van der Waals surface area contributed by atoms with Crippen molar-refractivity contribution in [1.29, 1.82) is 0 Å². The highest BCUT2D eigenvalue weighted by Gasteiger charge is 2.07. The largest absolute Gasteiger partial charge is 0.466 e. The lowest BCUT2D eigenvalue weighted by Gasteiger charge is -1.97. The number of anilines is 1. The maximum absolute atomic E-state index is 11.3. The fourth-order valence-electron chi connectivity index (χ4n) is 1.32. The highest BCUT2D eigenvalue weighted by molar-refractivity contribution is 7.13. The topological polar surface area (TPSA) is 76.7 Å². The summed E-state index contributed by atoms with van der Waals surface area (Å²) in [5.41, 5.74) is 3.44. The van der Waals surface area contributed by atoms with Crippen molar-refractivity contribution in [2.45, 2.75) is 13.3 Å². The van der Waals surface area contributed by atoms with Gasteiger partial charge in [0, 0.05) is 5.38 Å². The van der Waals surface area contributed by atoms with Gasteiger partial charge in [-0.05, 0) is 19.1 Å². The molecule has 0 atom stereocenters. The van der Waals surface area contributed by atoms with Crippen molar-refractivity contribution in [3.63, 3.8) is 0 Å². The van der Waals surface area contributed by atoms with Gasteiger partial charge in [0.25, 0.3) is 0 Å². The fraction of sp³-hybridized carbons (Fsp3) is 0.250. The number of ether oxygens (including phenoxy) is 1. The molecule has 2 rings (SSSR count). The Morgan fingerprint density at radius 3 is 3.32 bits per heavy atom. The van der Waals surface area contributed by atoms with Crippen LogP contribution in [0.3, 0.4) is 0 Å². The van der Waals surface area contributed by atoms with Crippen LogP contribution < -0.4 is 5.43 Å². The zero-order valence-corrected chi connectivity index (χ0v) is 11.1. The average Bonchev–Trinajstić information content (AvgIpc) is 3.01.